The zero-order chi connectivity index (χ0) is 11.5. The summed E-state index contributed by atoms with van der Waals surface area (Å²) < 4.78 is 48.9. The third-order valence-corrected chi connectivity index (χ3v) is 1.63. The van der Waals surface area contributed by atoms with Gasteiger partial charge >= 0.3 is 6.18 Å². The maximum absolute atomic E-state index is 12.4. The molecule has 1 rings (SSSR count). The lowest BCUT2D eigenvalue weighted by molar-refractivity contribution is -0.137. The average Bonchev–Trinajstić information content (AvgIpc) is 2.17. The fraction of sp³-hybridized carbons (Fsp3) is 0.222. The molecule has 15 heavy (non-hydrogen) atoms. The Morgan fingerprint density at radius 2 is 1.87 bits per heavy atom. The van der Waals surface area contributed by atoms with Gasteiger partial charge in [0.25, 0.3) is 5.91 Å². The second-order valence-corrected chi connectivity index (χ2v) is 2.73. The molecule has 0 aliphatic carbocycles. The van der Waals surface area contributed by atoms with Crippen molar-refractivity contribution in [3.05, 3.63) is 29.8 Å². The molecule has 1 amide bonds. The highest BCUT2D eigenvalue weighted by molar-refractivity contribution is 5.92. The number of carbonyl (C=O) groups is 1. The molecule has 0 radical (unpaired) electrons. The quantitative estimate of drug-likeness (QED) is 0.764. The topological polar surface area (TPSA) is 29.1 Å². The van der Waals surface area contributed by atoms with Crippen molar-refractivity contribution in [3.8, 4) is 0 Å². The molecule has 0 atom stereocenters. The van der Waals surface area contributed by atoms with Crippen LogP contribution in [0.5, 0.6) is 0 Å². The van der Waals surface area contributed by atoms with Crippen LogP contribution in [0.1, 0.15) is 5.56 Å². The number of rotatable bonds is 2. The third kappa shape index (κ3) is 2.93. The van der Waals surface area contributed by atoms with Gasteiger partial charge in [-0.25, -0.2) is 4.39 Å². The van der Waals surface area contributed by atoms with E-state index >= 15 is 0 Å². The number of hydrogen-bond acceptors (Lipinski definition) is 1. The van der Waals surface area contributed by atoms with Crippen molar-refractivity contribution < 1.29 is 22.4 Å². The van der Waals surface area contributed by atoms with Crippen LogP contribution in [0.4, 0.5) is 23.2 Å². The molecule has 2 nitrogen and oxygen atoms in total. The zero-order valence-corrected chi connectivity index (χ0v) is 7.44. The summed E-state index contributed by atoms with van der Waals surface area (Å²) in [5, 5.41) is 1.83. The molecule has 0 aromatic heterocycles. The molecule has 0 heterocycles. The fourth-order valence-electron chi connectivity index (χ4n) is 1.02. The van der Waals surface area contributed by atoms with Crippen LogP contribution in [0.15, 0.2) is 24.3 Å². The minimum Gasteiger partial charge on any atom is -0.323 e. The maximum Gasteiger partial charge on any atom is 0.418 e. The second-order valence-electron chi connectivity index (χ2n) is 2.73. The molecule has 0 aliphatic rings. The third-order valence-electron chi connectivity index (χ3n) is 1.63. The Labute approximate surface area is 82.9 Å². The van der Waals surface area contributed by atoms with Gasteiger partial charge in [0, 0.05) is 0 Å². The van der Waals surface area contributed by atoms with E-state index in [1.165, 1.54) is 12.1 Å². The monoisotopic (exact) mass is 221 g/mol. The van der Waals surface area contributed by atoms with E-state index in [1.807, 2.05) is 5.32 Å². The van der Waals surface area contributed by atoms with E-state index < -0.39 is 30.0 Å². The highest BCUT2D eigenvalue weighted by Gasteiger charge is 2.33. The smallest absolute Gasteiger partial charge is 0.323 e. The van der Waals surface area contributed by atoms with E-state index in [2.05, 4.69) is 0 Å². The van der Waals surface area contributed by atoms with Crippen LogP contribution in [0.25, 0.3) is 0 Å². The first-order chi connectivity index (χ1) is 6.95. The summed E-state index contributed by atoms with van der Waals surface area (Å²) in [5.41, 5.74) is -1.43. The Kier molecular flexibility index (Phi) is 3.28. The van der Waals surface area contributed by atoms with Crippen LogP contribution in [0.2, 0.25) is 0 Å². The van der Waals surface area contributed by atoms with Crippen molar-refractivity contribution in [2.75, 3.05) is 12.0 Å². The molecule has 82 valence electrons. The molecule has 1 aromatic rings. The van der Waals surface area contributed by atoms with Gasteiger partial charge in [0.05, 0.1) is 11.3 Å². The molecule has 0 bridgehead atoms. The van der Waals surface area contributed by atoms with Gasteiger partial charge in [-0.1, -0.05) is 12.1 Å². The number of amides is 1. The van der Waals surface area contributed by atoms with Gasteiger partial charge in [-0.3, -0.25) is 4.79 Å². The highest BCUT2D eigenvalue weighted by atomic mass is 19.4. The van der Waals surface area contributed by atoms with E-state index in [4.69, 9.17) is 0 Å². The van der Waals surface area contributed by atoms with Gasteiger partial charge in [0.1, 0.15) is 0 Å². The Morgan fingerprint density at radius 3 is 2.40 bits per heavy atom. The molecular formula is C9H7F4NO. The first kappa shape index (κ1) is 11.5. The van der Waals surface area contributed by atoms with Crippen LogP contribution < -0.4 is 5.32 Å². The molecule has 0 spiro atoms. The summed E-state index contributed by atoms with van der Waals surface area (Å²) >= 11 is 0. The Bertz CT molecular complexity index is 361. The minimum absolute atomic E-state index is 0.437. The van der Waals surface area contributed by atoms with Gasteiger partial charge in [-0.15, -0.1) is 0 Å². The van der Waals surface area contributed by atoms with Crippen LogP contribution in [-0.2, 0) is 11.0 Å². The zero-order valence-electron chi connectivity index (χ0n) is 7.44. The number of benzene rings is 1. The Morgan fingerprint density at radius 1 is 1.27 bits per heavy atom. The predicted octanol–water partition coefficient (Wildman–Crippen LogP) is 2.61. The maximum atomic E-state index is 12.4. The number of carbonyl (C=O) groups excluding carboxylic acids is 1. The van der Waals surface area contributed by atoms with Gasteiger partial charge < -0.3 is 5.32 Å². The summed E-state index contributed by atoms with van der Waals surface area (Å²) in [6.45, 7) is -1.35. The lowest BCUT2D eigenvalue weighted by atomic mass is 10.1. The molecule has 0 fully saturated rings. The highest BCUT2D eigenvalue weighted by Crippen LogP contribution is 2.34. The summed E-state index contributed by atoms with van der Waals surface area (Å²) in [6, 6.07) is 4.39. The van der Waals surface area contributed by atoms with Crippen LogP contribution in [0, 0.1) is 0 Å². The average molecular weight is 221 g/mol. The molecular weight excluding hydrogens is 214 g/mol. The molecule has 1 N–H and O–H groups in total. The van der Waals surface area contributed by atoms with Crippen molar-refractivity contribution in [2.45, 2.75) is 6.18 Å². The Balaban J connectivity index is 3.02. The summed E-state index contributed by atoms with van der Waals surface area (Å²) in [4.78, 5) is 10.6. The van der Waals surface area contributed by atoms with Crippen molar-refractivity contribution >= 4 is 11.6 Å². The number of nitrogens with one attached hydrogen (secondary N) is 1. The lowest BCUT2D eigenvalue weighted by Crippen LogP contribution is -2.17. The van der Waals surface area contributed by atoms with E-state index in [0.29, 0.717) is 0 Å². The summed E-state index contributed by atoms with van der Waals surface area (Å²) in [6.07, 6.45) is -4.57. The van der Waals surface area contributed by atoms with Crippen molar-refractivity contribution in [3.63, 3.8) is 0 Å². The number of anilines is 1. The van der Waals surface area contributed by atoms with E-state index in [-0.39, 0.29) is 0 Å². The van der Waals surface area contributed by atoms with Crippen molar-refractivity contribution in [2.24, 2.45) is 0 Å². The summed E-state index contributed by atoms with van der Waals surface area (Å²) in [5.74, 6) is -1.10. The molecule has 0 saturated carbocycles. The number of para-hydroxylation sites is 1. The van der Waals surface area contributed by atoms with E-state index in [9.17, 15) is 22.4 Å². The lowest BCUT2D eigenvalue weighted by Gasteiger charge is -2.12. The van der Waals surface area contributed by atoms with Crippen LogP contribution >= 0.6 is 0 Å². The van der Waals surface area contributed by atoms with Gasteiger partial charge in [0.15, 0.2) is 6.67 Å². The molecule has 1 aromatic carbocycles. The van der Waals surface area contributed by atoms with Gasteiger partial charge in [-0.2, -0.15) is 13.2 Å². The van der Waals surface area contributed by atoms with Crippen molar-refractivity contribution in [1.82, 2.24) is 0 Å². The first-order valence-electron chi connectivity index (χ1n) is 3.97. The van der Waals surface area contributed by atoms with Crippen LogP contribution in [0.3, 0.4) is 0 Å². The number of halogens is 4. The van der Waals surface area contributed by atoms with Crippen LogP contribution in [-0.4, -0.2) is 12.6 Å². The van der Waals surface area contributed by atoms with Gasteiger partial charge in [-0.05, 0) is 12.1 Å². The fourth-order valence-corrected chi connectivity index (χ4v) is 1.02. The predicted molar refractivity (Wildman–Crippen MR) is 46.0 cm³/mol. The SMILES string of the molecule is O=C(CF)Nc1ccccc1C(F)(F)F. The molecule has 6 heteroatoms. The minimum atomic E-state index is -4.57. The number of hydrogen-bond donors (Lipinski definition) is 1. The standard InChI is InChI=1S/C9H7F4NO/c10-5-8(15)14-7-4-2-1-3-6(7)9(11,12)13/h1-4H,5H2,(H,14,15). The largest absolute Gasteiger partial charge is 0.418 e. The number of alkyl halides is 4. The molecule has 0 saturated heterocycles. The van der Waals surface area contributed by atoms with E-state index in [0.717, 1.165) is 12.1 Å². The van der Waals surface area contributed by atoms with Crippen molar-refractivity contribution in [1.29, 1.82) is 0 Å². The normalized spacial score (nSPS) is 11.2. The molecule has 0 aliphatic heterocycles. The Hall–Kier alpha value is -1.59. The second kappa shape index (κ2) is 4.29. The van der Waals surface area contributed by atoms with E-state index in [1.54, 1.807) is 0 Å². The van der Waals surface area contributed by atoms with Gasteiger partial charge in [0.2, 0.25) is 0 Å². The molecule has 0 unspecified atom stereocenters. The summed E-state index contributed by atoms with van der Waals surface area (Å²) in [7, 11) is 0. The first-order valence-corrected chi connectivity index (χ1v) is 3.97.